The molecule has 0 unspecified atom stereocenters. The number of rotatable bonds is 4. The zero-order valence-electron chi connectivity index (χ0n) is 10.5. The van der Waals surface area contributed by atoms with Crippen molar-refractivity contribution in [3.8, 4) is 0 Å². The summed E-state index contributed by atoms with van der Waals surface area (Å²) in [5.41, 5.74) is 0. The van der Waals surface area contributed by atoms with Crippen molar-refractivity contribution >= 4 is 11.8 Å². The van der Waals surface area contributed by atoms with Crippen LogP contribution in [0, 0.1) is 11.8 Å². The van der Waals surface area contributed by atoms with Gasteiger partial charge in [-0.05, 0) is 18.3 Å². The molecule has 0 aromatic heterocycles. The molecular formula is C12H22N2O2. The standard InChI is InChI=1S/C12H22N2O2/c1-5-8(4)10-12(16)13-9(6-7(2)3)11(15)14-10/h7-10H,5-6H2,1-4H3,(H,13,16)(H,14,15)/t8-,9+,10-/m1/s1. The van der Waals surface area contributed by atoms with E-state index in [0.717, 1.165) is 6.42 Å². The smallest absolute Gasteiger partial charge is 0.243 e. The first-order valence-corrected chi connectivity index (χ1v) is 6.06. The lowest BCUT2D eigenvalue weighted by atomic mass is 9.93. The van der Waals surface area contributed by atoms with Gasteiger partial charge in [-0.1, -0.05) is 34.1 Å². The lowest BCUT2D eigenvalue weighted by Gasteiger charge is -2.33. The summed E-state index contributed by atoms with van der Waals surface area (Å²) in [6, 6.07) is -0.714. The maximum atomic E-state index is 11.8. The molecule has 0 radical (unpaired) electrons. The summed E-state index contributed by atoms with van der Waals surface area (Å²) >= 11 is 0. The molecule has 3 atom stereocenters. The van der Waals surface area contributed by atoms with Gasteiger partial charge in [-0.3, -0.25) is 9.59 Å². The molecule has 4 nitrogen and oxygen atoms in total. The van der Waals surface area contributed by atoms with Crippen molar-refractivity contribution in [2.45, 2.75) is 52.6 Å². The van der Waals surface area contributed by atoms with Crippen LogP contribution in [0.1, 0.15) is 40.5 Å². The van der Waals surface area contributed by atoms with Crippen molar-refractivity contribution in [1.29, 1.82) is 0 Å². The zero-order valence-corrected chi connectivity index (χ0v) is 10.5. The predicted octanol–water partition coefficient (Wildman–Crippen LogP) is 1.06. The van der Waals surface area contributed by atoms with E-state index in [1.807, 2.05) is 27.7 Å². The van der Waals surface area contributed by atoms with Crippen LogP contribution in [0.3, 0.4) is 0 Å². The fraction of sp³-hybridized carbons (Fsp3) is 0.833. The Kier molecular flexibility index (Phi) is 4.33. The number of amides is 2. The van der Waals surface area contributed by atoms with Crippen LogP contribution in [-0.2, 0) is 9.59 Å². The van der Waals surface area contributed by atoms with Gasteiger partial charge in [-0.15, -0.1) is 0 Å². The Hall–Kier alpha value is -1.06. The first-order chi connectivity index (χ1) is 7.45. The van der Waals surface area contributed by atoms with Gasteiger partial charge in [-0.25, -0.2) is 0 Å². The van der Waals surface area contributed by atoms with E-state index in [1.54, 1.807) is 0 Å². The van der Waals surface area contributed by atoms with Crippen molar-refractivity contribution < 1.29 is 9.59 Å². The van der Waals surface area contributed by atoms with Crippen molar-refractivity contribution in [2.75, 3.05) is 0 Å². The van der Waals surface area contributed by atoms with Gasteiger partial charge in [0.2, 0.25) is 11.8 Å². The lowest BCUT2D eigenvalue weighted by molar-refractivity contribution is -0.138. The number of carbonyl (C=O) groups is 2. The van der Waals surface area contributed by atoms with E-state index in [2.05, 4.69) is 10.6 Å². The van der Waals surface area contributed by atoms with Crippen LogP contribution >= 0.6 is 0 Å². The summed E-state index contributed by atoms with van der Waals surface area (Å²) in [4.78, 5) is 23.6. The Bertz CT molecular complexity index is 276. The first kappa shape index (κ1) is 13.0. The maximum Gasteiger partial charge on any atom is 0.243 e. The number of piperazine rings is 1. The van der Waals surface area contributed by atoms with E-state index in [9.17, 15) is 9.59 Å². The molecule has 1 aliphatic heterocycles. The molecule has 1 fully saturated rings. The van der Waals surface area contributed by atoms with Crippen LogP contribution in [0.2, 0.25) is 0 Å². The molecule has 2 N–H and O–H groups in total. The predicted molar refractivity (Wildman–Crippen MR) is 62.8 cm³/mol. The summed E-state index contributed by atoms with van der Waals surface area (Å²) in [6.07, 6.45) is 1.58. The van der Waals surface area contributed by atoms with Crippen LogP contribution in [0.5, 0.6) is 0 Å². The molecule has 4 heteroatoms. The second kappa shape index (κ2) is 5.32. The molecule has 1 heterocycles. The molecule has 0 spiro atoms. The van der Waals surface area contributed by atoms with Gasteiger partial charge in [0.05, 0.1) is 0 Å². The fourth-order valence-corrected chi connectivity index (χ4v) is 1.92. The van der Waals surface area contributed by atoms with Gasteiger partial charge < -0.3 is 10.6 Å². The second-order valence-corrected chi connectivity index (χ2v) is 5.06. The normalized spacial score (nSPS) is 27.6. The number of hydrogen-bond donors (Lipinski definition) is 2. The Balaban J connectivity index is 2.63. The van der Waals surface area contributed by atoms with E-state index in [4.69, 9.17) is 0 Å². The molecular weight excluding hydrogens is 204 g/mol. The van der Waals surface area contributed by atoms with Crippen molar-refractivity contribution in [3.05, 3.63) is 0 Å². The minimum atomic E-state index is -0.360. The van der Waals surface area contributed by atoms with Crippen molar-refractivity contribution in [3.63, 3.8) is 0 Å². The average Bonchev–Trinajstić information content (AvgIpc) is 2.21. The summed E-state index contributed by atoms with van der Waals surface area (Å²) in [5, 5.41) is 5.63. The summed E-state index contributed by atoms with van der Waals surface area (Å²) in [7, 11) is 0. The van der Waals surface area contributed by atoms with E-state index < -0.39 is 0 Å². The van der Waals surface area contributed by atoms with Crippen molar-refractivity contribution in [1.82, 2.24) is 10.6 Å². The van der Waals surface area contributed by atoms with Gasteiger partial charge >= 0.3 is 0 Å². The highest BCUT2D eigenvalue weighted by Gasteiger charge is 2.35. The average molecular weight is 226 g/mol. The van der Waals surface area contributed by atoms with Crippen LogP contribution in [0.15, 0.2) is 0 Å². The number of carbonyl (C=O) groups excluding carboxylic acids is 2. The van der Waals surface area contributed by atoms with Crippen molar-refractivity contribution in [2.24, 2.45) is 11.8 Å². The summed E-state index contributed by atoms with van der Waals surface area (Å²) < 4.78 is 0. The van der Waals surface area contributed by atoms with Gasteiger partial charge in [0.1, 0.15) is 12.1 Å². The Morgan fingerprint density at radius 1 is 1.12 bits per heavy atom. The molecule has 0 aromatic rings. The molecule has 1 rings (SSSR count). The van der Waals surface area contributed by atoms with Crippen LogP contribution in [0.4, 0.5) is 0 Å². The Morgan fingerprint density at radius 2 is 1.75 bits per heavy atom. The van der Waals surface area contributed by atoms with Gasteiger partial charge in [0.25, 0.3) is 0 Å². The monoisotopic (exact) mass is 226 g/mol. The third-order valence-corrected chi connectivity index (χ3v) is 3.13. The highest BCUT2D eigenvalue weighted by atomic mass is 16.2. The molecule has 16 heavy (non-hydrogen) atoms. The fourth-order valence-electron chi connectivity index (χ4n) is 1.92. The molecule has 92 valence electrons. The largest absolute Gasteiger partial charge is 0.343 e. The number of hydrogen-bond acceptors (Lipinski definition) is 2. The molecule has 0 saturated carbocycles. The maximum absolute atomic E-state index is 11.8. The van der Waals surface area contributed by atoms with Crippen LogP contribution in [0.25, 0.3) is 0 Å². The lowest BCUT2D eigenvalue weighted by Crippen LogP contribution is -2.63. The van der Waals surface area contributed by atoms with E-state index >= 15 is 0 Å². The van der Waals surface area contributed by atoms with Crippen LogP contribution in [-0.4, -0.2) is 23.9 Å². The van der Waals surface area contributed by atoms with Gasteiger partial charge in [0, 0.05) is 0 Å². The molecule has 1 saturated heterocycles. The highest BCUT2D eigenvalue weighted by Crippen LogP contribution is 2.14. The topological polar surface area (TPSA) is 58.2 Å². The van der Waals surface area contributed by atoms with Gasteiger partial charge in [-0.2, -0.15) is 0 Å². The second-order valence-electron chi connectivity index (χ2n) is 5.06. The Morgan fingerprint density at radius 3 is 2.25 bits per heavy atom. The molecule has 0 bridgehead atoms. The first-order valence-electron chi connectivity index (χ1n) is 6.06. The number of nitrogens with one attached hydrogen (secondary N) is 2. The minimum absolute atomic E-state index is 0.0420. The summed E-state index contributed by atoms with van der Waals surface area (Å²) in [5.74, 6) is 0.498. The molecule has 2 amide bonds. The quantitative estimate of drug-likeness (QED) is 0.753. The van der Waals surface area contributed by atoms with Gasteiger partial charge in [0.15, 0.2) is 0 Å². The van der Waals surface area contributed by atoms with Crippen LogP contribution < -0.4 is 10.6 Å². The third kappa shape index (κ3) is 2.97. The summed E-state index contributed by atoms with van der Waals surface area (Å²) in [6.45, 7) is 8.08. The molecule has 0 aromatic carbocycles. The van der Waals surface area contributed by atoms with E-state index in [0.29, 0.717) is 12.3 Å². The van der Waals surface area contributed by atoms with E-state index in [-0.39, 0.29) is 29.8 Å². The molecule has 0 aliphatic carbocycles. The molecule has 1 aliphatic rings. The van der Waals surface area contributed by atoms with E-state index in [1.165, 1.54) is 0 Å². The highest BCUT2D eigenvalue weighted by molar-refractivity contribution is 5.97. The Labute approximate surface area is 97.2 Å². The minimum Gasteiger partial charge on any atom is -0.343 e. The SMILES string of the molecule is CC[C@@H](C)[C@H]1NC(=O)[C@H](CC(C)C)NC1=O. The zero-order chi connectivity index (χ0) is 12.3. The third-order valence-electron chi connectivity index (χ3n) is 3.13.